The molecule has 3 rings (SSSR count). The Morgan fingerprint density at radius 1 is 1.17 bits per heavy atom. The van der Waals surface area contributed by atoms with Crippen molar-refractivity contribution in [1.82, 2.24) is 5.32 Å². The number of nitrogens with one attached hydrogen (secondary N) is 2. The fourth-order valence-corrected chi connectivity index (χ4v) is 3.39. The van der Waals surface area contributed by atoms with Crippen LogP contribution in [0.1, 0.15) is 31.4 Å². The predicted molar refractivity (Wildman–Crippen MR) is 112 cm³/mol. The van der Waals surface area contributed by atoms with Crippen molar-refractivity contribution in [2.45, 2.75) is 32.4 Å². The minimum atomic E-state index is -2.17. The zero-order valence-corrected chi connectivity index (χ0v) is 16.8. The highest BCUT2D eigenvalue weighted by Gasteiger charge is 2.51. The Morgan fingerprint density at radius 3 is 2.59 bits per heavy atom. The Kier molecular flexibility index (Phi) is 6.51. The number of benzene rings is 2. The fraction of sp³-hybridized carbons (Fsp3) is 0.364. The summed E-state index contributed by atoms with van der Waals surface area (Å²) in [5.74, 6) is -0.657. The van der Waals surface area contributed by atoms with Crippen LogP contribution in [-0.2, 0) is 21.7 Å². The molecule has 2 aromatic carbocycles. The highest BCUT2D eigenvalue weighted by molar-refractivity contribution is 6.11. The number of carbonyl (C=O) groups excluding carboxylic acids is 2. The second-order valence-corrected chi connectivity index (χ2v) is 6.81. The van der Waals surface area contributed by atoms with E-state index in [1.807, 2.05) is 26.0 Å². The van der Waals surface area contributed by atoms with Crippen molar-refractivity contribution in [3.05, 3.63) is 59.7 Å². The molecule has 7 nitrogen and oxygen atoms in total. The van der Waals surface area contributed by atoms with E-state index in [9.17, 15) is 14.7 Å². The smallest absolute Gasteiger partial charge is 0.329 e. The van der Waals surface area contributed by atoms with Gasteiger partial charge in [0.15, 0.2) is 0 Å². The SMILES string of the molecule is CCOCCCNC(=O)[C@]1(O)c2ccccc2NC(=O)N1c1ccc(CC)cc1. The summed E-state index contributed by atoms with van der Waals surface area (Å²) in [5, 5.41) is 17.1. The molecule has 2 aromatic rings. The molecule has 0 aliphatic carbocycles. The van der Waals surface area contributed by atoms with E-state index in [2.05, 4.69) is 10.6 Å². The van der Waals surface area contributed by atoms with Crippen LogP contribution in [0.4, 0.5) is 16.2 Å². The van der Waals surface area contributed by atoms with Gasteiger partial charge < -0.3 is 20.5 Å². The van der Waals surface area contributed by atoms with Gasteiger partial charge in [0, 0.05) is 31.0 Å². The van der Waals surface area contributed by atoms with Crippen LogP contribution in [0.5, 0.6) is 0 Å². The van der Waals surface area contributed by atoms with Gasteiger partial charge in [-0.1, -0.05) is 37.3 Å². The summed E-state index contributed by atoms with van der Waals surface area (Å²) >= 11 is 0. The second kappa shape index (κ2) is 9.07. The van der Waals surface area contributed by atoms with Crippen LogP contribution < -0.4 is 15.5 Å². The molecule has 154 valence electrons. The van der Waals surface area contributed by atoms with Crippen LogP contribution in [0.2, 0.25) is 0 Å². The van der Waals surface area contributed by atoms with Crippen molar-refractivity contribution in [3.8, 4) is 0 Å². The number of amides is 3. The van der Waals surface area contributed by atoms with Crippen LogP contribution in [0.3, 0.4) is 0 Å². The Hall–Kier alpha value is -2.90. The van der Waals surface area contributed by atoms with Gasteiger partial charge in [-0.15, -0.1) is 0 Å². The van der Waals surface area contributed by atoms with Crippen LogP contribution >= 0.6 is 0 Å². The first-order chi connectivity index (χ1) is 14.0. The number of ether oxygens (including phenoxy) is 1. The lowest BCUT2D eigenvalue weighted by Gasteiger charge is -2.42. The lowest BCUT2D eigenvalue weighted by Crippen LogP contribution is -2.62. The van der Waals surface area contributed by atoms with Gasteiger partial charge in [-0.05, 0) is 43.5 Å². The molecular weight excluding hydrogens is 370 g/mol. The minimum absolute atomic E-state index is 0.321. The summed E-state index contributed by atoms with van der Waals surface area (Å²) in [5.41, 5.74) is 0.0853. The van der Waals surface area contributed by atoms with E-state index in [0.29, 0.717) is 43.1 Å². The minimum Gasteiger partial charge on any atom is -0.382 e. The lowest BCUT2D eigenvalue weighted by atomic mass is 9.94. The normalized spacial score (nSPS) is 18.2. The number of rotatable bonds is 8. The predicted octanol–water partition coefficient (Wildman–Crippen LogP) is 2.99. The standard InChI is InChI=1S/C22H27N3O4/c1-3-16-10-12-17(13-11-16)25-21(27)24-19-9-6-5-8-18(19)22(25,28)20(26)23-14-7-15-29-4-2/h5-6,8-13,28H,3-4,7,14-15H2,1-2H3,(H,23,26)(H,24,27)/t22-/m1/s1. The molecule has 7 heteroatoms. The summed E-state index contributed by atoms with van der Waals surface area (Å²) < 4.78 is 5.28. The Bertz CT molecular complexity index is 869. The van der Waals surface area contributed by atoms with E-state index in [-0.39, 0.29) is 0 Å². The first kappa shape index (κ1) is 20.8. The molecule has 3 N–H and O–H groups in total. The van der Waals surface area contributed by atoms with Crippen LogP contribution in [0.15, 0.2) is 48.5 Å². The van der Waals surface area contributed by atoms with E-state index in [1.165, 1.54) is 0 Å². The molecule has 0 fully saturated rings. The number of hydrogen-bond acceptors (Lipinski definition) is 4. The number of aryl methyl sites for hydroxylation is 1. The fourth-order valence-electron chi connectivity index (χ4n) is 3.39. The molecule has 1 heterocycles. The van der Waals surface area contributed by atoms with Gasteiger partial charge in [0.05, 0.1) is 5.69 Å². The third-order valence-corrected chi connectivity index (χ3v) is 4.95. The van der Waals surface area contributed by atoms with Gasteiger partial charge in [0.25, 0.3) is 11.6 Å². The number of carbonyl (C=O) groups is 2. The van der Waals surface area contributed by atoms with Crippen molar-refractivity contribution in [2.24, 2.45) is 0 Å². The number of nitrogens with zero attached hydrogens (tertiary/aromatic N) is 1. The molecule has 0 bridgehead atoms. The maximum atomic E-state index is 13.1. The summed E-state index contributed by atoms with van der Waals surface area (Å²) in [6.07, 6.45) is 1.45. The van der Waals surface area contributed by atoms with Gasteiger partial charge in [-0.3, -0.25) is 9.69 Å². The molecular formula is C22H27N3O4. The van der Waals surface area contributed by atoms with Gasteiger partial charge >= 0.3 is 6.03 Å². The number of hydrogen-bond donors (Lipinski definition) is 3. The van der Waals surface area contributed by atoms with E-state index in [0.717, 1.165) is 16.9 Å². The van der Waals surface area contributed by atoms with Crippen LogP contribution in [0.25, 0.3) is 0 Å². The van der Waals surface area contributed by atoms with Crippen LogP contribution in [-0.4, -0.2) is 36.8 Å². The van der Waals surface area contributed by atoms with Crippen molar-refractivity contribution in [2.75, 3.05) is 30.0 Å². The first-order valence-corrected chi connectivity index (χ1v) is 9.90. The molecule has 0 radical (unpaired) electrons. The summed E-state index contributed by atoms with van der Waals surface area (Å²) in [7, 11) is 0. The lowest BCUT2D eigenvalue weighted by molar-refractivity contribution is -0.140. The van der Waals surface area contributed by atoms with Crippen molar-refractivity contribution >= 4 is 23.3 Å². The van der Waals surface area contributed by atoms with E-state index in [4.69, 9.17) is 4.74 Å². The monoisotopic (exact) mass is 397 g/mol. The molecule has 0 unspecified atom stereocenters. The average Bonchev–Trinajstić information content (AvgIpc) is 2.74. The van der Waals surface area contributed by atoms with E-state index < -0.39 is 17.7 Å². The number of urea groups is 1. The molecule has 1 aliphatic rings. The maximum absolute atomic E-state index is 13.1. The van der Waals surface area contributed by atoms with Gasteiger partial charge in [-0.2, -0.15) is 0 Å². The van der Waals surface area contributed by atoms with Crippen molar-refractivity contribution < 1.29 is 19.4 Å². The summed E-state index contributed by atoms with van der Waals surface area (Å²) in [4.78, 5) is 27.1. The van der Waals surface area contributed by atoms with Gasteiger partial charge in [0.1, 0.15) is 0 Å². The molecule has 3 amide bonds. The molecule has 0 aromatic heterocycles. The number of fused-ring (bicyclic) bond motifs is 1. The third-order valence-electron chi connectivity index (χ3n) is 4.95. The van der Waals surface area contributed by atoms with E-state index >= 15 is 0 Å². The van der Waals surface area contributed by atoms with Gasteiger partial charge in [-0.25, -0.2) is 4.79 Å². The van der Waals surface area contributed by atoms with Crippen LogP contribution in [0, 0.1) is 0 Å². The number of aliphatic hydroxyl groups is 1. The molecule has 0 spiro atoms. The molecule has 0 saturated carbocycles. The maximum Gasteiger partial charge on any atom is 0.329 e. The number of anilines is 2. The van der Waals surface area contributed by atoms with Crippen molar-refractivity contribution in [3.63, 3.8) is 0 Å². The highest BCUT2D eigenvalue weighted by atomic mass is 16.5. The Balaban J connectivity index is 1.96. The Labute approximate surface area is 170 Å². The van der Waals surface area contributed by atoms with Crippen molar-refractivity contribution in [1.29, 1.82) is 0 Å². The zero-order chi connectivity index (χ0) is 20.9. The topological polar surface area (TPSA) is 90.9 Å². The highest BCUT2D eigenvalue weighted by Crippen LogP contribution is 2.39. The first-order valence-electron chi connectivity index (χ1n) is 9.90. The average molecular weight is 397 g/mol. The third kappa shape index (κ3) is 4.11. The number of para-hydroxylation sites is 1. The molecule has 0 saturated heterocycles. The second-order valence-electron chi connectivity index (χ2n) is 6.81. The van der Waals surface area contributed by atoms with E-state index in [1.54, 1.807) is 36.4 Å². The quantitative estimate of drug-likeness (QED) is 0.597. The molecule has 1 aliphatic heterocycles. The van der Waals surface area contributed by atoms with Gasteiger partial charge in [0.2, 0.25) is 0 Å². The Morgan fingerprint density at radius 2 is 1.90 bits per heavy atom. The largest absolute Gasteiger partial charge is 0.382 e. The summed E-state index contributed by atoms with van der Waals surface area (Å²) in [6.45, 7) is 5.38. The summed E-state index contributed by atoms with van der Waals surface area (Å²) in [6, 6.07) is 13.4. The zero-order valence-electron chi connectivity index (χ0n) is 16.8. The molecule has 29 heavy (non-hydrogen) atoms. The molecule has 1 atom stereocenters.